The van der Waals surface area contributed by atoms with Crippen LogP contribution in [0.4, 0.5) is 0 Å². The molecule has 2 amide bonds. The number of benzene rings is 1. The van der Waals surface area contributed by atoms with Crippen LogP contribution in [0, 0.1) is 0 Å². The van der Waals surface area contributed by atoms with Crippen LogP contribution in [0.1, 0.15) is 50.8 Å². The molecule has 1 fully saturated rings. The van der Waals surface area contributed by atoms with Crippen LogP contribution in [0.3, 0.4) is 0 Å². The zero-order valence-corrected chi connectivity index (χ0v) is 17.2. The minimum atomic E-state index is -0.153. The van der Waals surface area contributed by atoms with Crippen molar-refractivity contribution in [1.29, 1.82) is 0 Å². The second-order valence-electron chi connectivity index (χ2n) is 8.53. The summed E-state index contributed by atoms with van der Waals surface area (Å²) in [6, 6.07) is 2.02. The zero-order valence-electron chi connectivity index (χ0n) is 17.2. The predicted molar refractivity (Wildman–Crippen MR) is 115 cm³/mol. The Morgan fingerprint density at radius 3 is 2.60 bits per heavy atom. The van der Waals surface area contributed by atoms with E-state index in [9.17, 15) is 9.59 Å². The highest BCUT2D eigenvalue weighted by molar-refractivity contribution is 6.31. The van der Waals surface area contributed by atoms with Gasteiger partial charge < -0.3 is 10.3 Å². The van der Waals surface area contributed by atoms with E-state index in [-0.39, 0.29) is 11.8 Å². The summed E-state index contributed by atoms with van der Waals surface area (Å²) in [6.07, 6.45) is 5.49. The molecule has 0 bridgehead atoms. The first-order chi connectivity index (χ1) is 14.7. The number of imide groups is 1. The summed E-state index contributed by atoms with van der Waals surface area (Å²) >= 11 is 0. The molecule has 3 aliphatic rings. The van der Waals surface area contributed by atoms with Crippen LogP contribution in [0.2, 0.25) is 0 Å². The van der Waals surface area contributed by atoms with Gasteiger partial charge >= 0.3 is 0 Å². The van der Waals surface area contributed by atoms with Crippen molar-refractivity contribution in [2.75, 3.05) is 32.8 Å². The highest BCUT2D eigenvalue weighted by Gasteiger charge is 2.42. The molecule has 7 nitrogen and oxygen atoms in total. The molecule has 0 saturated carbocycles. The number of nitrogens with one attached hydrogen (secondary N) is 2. The van der Waals surface area contributed by atoms with Gasteiger partial charge in [0.15, 0.2) is 0 Å². The van der Waals surface area contributed by atoms with Crippen LogP contribution in [0.25, 0.3) is 21.9 Å². The Labute approximate surface area is 174 Å². The quantitative estimate of drug-likeness (QED) is 0.656. The Hall–Kier alpha value is -2.77. The number of amides is 2. The molecule has 2 aliphatic heterocycles. The van der Waals surface area contributed by atoms with Gasteiger partial charge in [0.25, 0.3) is 11.8 Å². The summed E-state index contributed by atoms with van der Waals surface area (Å²) < 4.78 is 0. The van der Waals surface area contributed by atoms with E-state index in [0.717, 1.165) is 84.9 Å². The second-order valence-corrected chi connectivity index (χ2v) is 8.53. The van der Waals surface area contributed by atoms with Gasteiger partial charge in [-0.05, 0) is 48.4 Å². The lowest BCUT2D eigenvalue weighted by atomic mass is 9.93. The summed E-state index contributed by atoms with van der Waals surface area (Å²) in [5, 5.41) is 5.24. The normalized spacial score (nSPS) is 19.3. The number of H-pyrrole nitrogens is 1. The Balaban J connectivity index is 1.60. The van der Waals surface area contributed by atoms with Crippen molar-refractivity contribution in [1.82, 2.24) is 25.1 Å². The third-order valence-electron chi connectivity index (χ3n) is 6.95. The molecule has 1 aromatic carbocycles. The monoisotopic (exact) mass is 403 g/mol. The van der Waals surface area contributed by atoms with Crippen LogP contribution in [-0.4, -0.2) is 64.4 Å². The summed E-state index contributed by atoms with van der Waals surface area (Å²) in [4.78, 5) is 38.9. The maximum Gasteiger partial charge on any atom is 0.263 e. The fraction of sp³-hybridized carbons (Fsp3) is 0.435. The highest BCUT2D eigenvalue weighted by atomic mass is 16.2. The van der Waals surface area contributed by atoms with Crippen molar-refractivity contribution in [2.24, 2.45) is 0 Å². The molecular weight excluding hydrogens is 378 g/mol. The van der Waals surface area contributed by atoms with E-state index in [1.54, 1.807) is 0 Å². The highest BCUT2D eigenvalue weighted by Crippen LogP contribution is 2.43. The van der Waals surface area contributed by atoms with Crippen molar-refractivity contribution >= 4 is 33.8 Å². The number of hydrogen-bond donors (Lipinski definition) is 2. The van der Waals surface area contributed by atoms with Gasteiger partial charge in [0, 0.05) is 43.1 Å². The van der Waals surface area contributed by atoms with Crippen LogP contribution in [-0.2, 0) is 19.3 Å². The fourth-order valence-electron chi connectivity index (χ4n) is 5.52. The summed E-state index contributed by atoms with van der Waals surface area (Å²) in [6.45, 7) is 5.94. The molecule has 0 spiro atoms. The third-order valence-corrected chi connectivity index (χ3v) is 6.95. The first-order valence-corrected chi connectivity index (χ1v) is 10.9. The van der Waals surface area contributed by atoms with Crippen molar-refractivity contribution in [2.45, 2.75) is 32.6 Å². The van der Waals surface area contributed by atoms with Crippen molar-refractivity contribution < 1.29 is 9.59 Å². The average Bonchev–Trinajstić information content (AvgIpc) is 3.45. The number of pyridine rings is 1. The fourth-order valence-corrected chi connectivity index (χ4v) is 5.52. The predicted octanol–water partition coefficient (Wildman–Crippen LogP) is 2.23. The summed E-state index contributed by atoms with van der Waals surface area (Å²) in [5.74, 6) is -0.273. The lowest BCUT2D eigenvalue weighted by Crippen LogP contribution is -2.49. The molecule has 154 valence electrons. The van der Waals surface area contributed by atoms with Gasteiger partial charge in [0.2, 0.25) is 0 Å². The van der Waals surface area contributed by atoms with E-state index in [4.69, 9.17) is 0 Å². The number of nitrogens with zero attached hydrogens (tertiary/aromatic N) is 3. The van der Waals surface area contributed by atoms with Gasteiger partial charge in [0.1, 0.15) is 5.65 Å². The van der Waals surface area contributed by atoms with Crippen LogP contribution < -0.4 is 5.32 Å². The zero-order chi connectivity index (χ0) is 20.4. The number of rotatable bonds is 3. The van der Waals surface area contributed by atoms with Gasteiger partial charge in [-0.25, -0.2) is 4.98 Å². The van der Waals surface area contributed by atoms with E-state index in [1.807, 2.05) is 12.3 Å². The van der Waals surface area contributed by atoms with Crippen LogP contribution in [0.15, 0.2) is 12.3 Å². The minimum absolute atomic E-state index is 0.120. The molecule has 0 atom stereocenters. The van der Waals surface area contributed by atoms with Crippen molar-refractivity contribution in [3.05, 3.63) is 40.1 Å². The Bertz CT molecular complexity index is 1220. The molecule has 2 N–H and O–H groups in total. The molecule has 0 radical (unpaired) electrons. The molecule has 7 heteroatoms. The molecular formula is C23H25N5O2. The Morgan fingerprint density at radius 1 is 1.03 bits per heavy atom. The molecule has 3 aromatic rings. The maximum atomic E-state index is 13.7. The molecule has 4 heterocycles. The van der Waals surface area contributed by atoms with Crippen molar-refractivity contribution in [3.8, 4) is 0 Å². The van der Waals surface area contributed by atoms with E-state index in [0.29, 0.717) is 17.8 Å². The largest absolute Gasteiger partial charge is 0.339 e. The van der Waals surface area contributed by atoms with Gasteiger partial charge in [-0.3, -0.25) is 19.4 Å². The number of aromatic nitrogens is 2. The van der Waals surface area contributed by atoms with E-state index in [2.05, 4.69) is 27.1 Å². The Kier molecular flexibility index (Phi) is 3.98. The maximum absolute atomic E-state index is 13.7. The summed E-state index contributed by atoms with van der Waals surface area (Å²) in [7, 11) is 0. The second kappa shape index (κ2) is 6.62. The van der Waals surface area contributed by atoms with E-state index >= 15 is 0 Å². The molecule has 30 heavy (non-hydrogen) atoms. The molecule has 1 aliphatic carbocycles. The van der Waals surface area contributed by atoms with E-state index in [1.165, 1.54) is 10.5 Å². The van der Waals surface area contributed by atoms with Gasteiger partial charge in [-0.15, -0.1) is 0 Å². The third kappa shape index (κ3) is 2.36. The number of carbonyl (C=O) groups excluding carboxylic acids is 2. The van der Waals surface area contributed by atoms with Gasteiger partial charge in [0.05, 0.1) is 23.3 Å². The minimum Gasteiger partial charge on any atom is -0.339 e. The first-order valence-electron chi connectivity index (χ1n) is 10.9. The smallest absolute Gasteiger partial charge is 0.263 e. The summed E-state index contributed by atoms with van der Waals surface area (Å²) in [5.41, 5.74) is 6.51. The Morgan fingerprint density at radius 2 is 1.80 bits per heavy atom. The van der Waals surface area contributed by atoms with Crippen molar-refractivity contribution in [3.63, 3.8) is 0 Å². The molecule has 1 saturated heterocycles. The average molecular weight is 403 g/mol. The number of fused-ring (bicyclic) bond motifs is 8. The van der Waals surface area contributed by atoms with Gasteiger partial charge in [-0.1, -0.05) is 6.92 Å². The van der Waals surface area contributed by atoms with Gasteiger partial charge in [-0.2, -0.15) is 0 Å². The van der Waals surface area contributed by atoms with E-state index < -0.39 is 0 Å². The SMILES string of the molecule is CCc1ccnc2[nH]c3c4c(c5c(c3c12)C(=O)N(CN1CCNCC1)C5=O)CCC4. The number of hydrogen-bond acceptors (Lipinski definition) is 5. The molecule has 6 rings (SSSR count). The number of aromatic amines is 1. The molecule has 2 aromatic heterocycles. The number of carbonyl (C=O) groups is 2. The molecule has 0 unspecified atom stereocenters. The lowest BCUT2D eigenvalue weighted by Gasteiger charge is -2.30. The first kappa shape index (κ1) is 18.0. The topological polar surface area (TPSA) is 81.3 Å². The number of piperazine rings is 1. The number of aryl methyl sites for hydroxylation is 2. The lowest BCUT2D eigenvalue weighted by molar-refractivity contribution is 0.0528. The van der Waals surface area contributed by atoms with Crippen LogP contribution in [0.5, 0.6) is 0 Å². The van der Waals surface area contributed by atoms with Crippen LogP contribution >= 0.6 is 0 Å². The standard InChI is InChI=1S/C23H25N5O2/c1-2-13-6-7-25-21-16(13)18-19-17(14-4-3-5-15(14)20(18)26-21)22(29)28(23(19)30)12-27-10-8-24-9-11-27/h6-7,24H,2-5,8-12H2,1H3,(H,25,26).